The summed E-state index contributed by atoms with van der Waals surface area (Å²) < 4.78 is 7.41. The molecule has 0 unspecified atom stereocenters. The highest BCUT2D eigenvalue weighted by Crippen LogP contribution is 2.21. The Hall–Kier alpha value is -3.63. The number of nitrogens with one attached hydrogen (secondary N) is 2. The number of hydrogen-bond acceptors (Lipinski definition) is 7. The van der Waals surface area contributed by atoms with Crippen molar-refractivity contribution in [3.63, 3.8) is 0 Å². The van der Waals surface area contributed by atoms with E-state index in [1.54, 1.807) is 35.9 Å². The van der Waals surface area contributed by atoms with E-state index in [2.05, 4.69) is 15.6 Å². The van der Waals surface area contributed by atoms with Gasteiger partial charge in [0.15, 0.2) is 5.16 Å². The van der Waals surface area contributed by atoms with E-state index in [1.165, 1.54) is 28.7 Å². The normalized spacial score (nSPS) is 10.9. The summed E-state index contributed by atoms with van der Waals surface area (Å²) >= 11 is 2.65. The van der Waals surface area contributed by atoms with Crippen molar-refractivity contribution in [2.75, 3.05) is 24.7 Å². The smallest absolute Gasteiger partial charge is 0.272 e. The molecule has 0 fully saturated rings. The molecule has 0 aliphatic rings. The minimum absolute atomic E-state index is 0.0477. The number of nitrogens with zero attached hydrogens (tertiary/aromatic N) is 2. The van der Waals surface area contributed by atoms with Crippen molar-refractivity contribution >= 4 is 50.8 Å². The van der Waals surface area contributed by atoms with E-state index >= 15 is 0 Å². The third kappa shape index (κ3) is 8.43. The fourth-order valence-corrected chi connectivity index (χ4v) is 5.67. The molecule has 0 radical (unpaired) electrons. The largest absolute Gasteiger partial charge is 0.497 e. The van der Waals surface area contributed by atoms with Crippen molar-refractivity contribution in [1.29, 1.82) is 0 Å². The second kappa shape index (κ2) is 14.5. The number of aromatic nitrogens is 2. The van der Waals surface area contributed by atoms with Crippen LogP contribution < -0.4 is 20.9 Å². The number of anilines is 1. The third-order valence-electron chi connectivity index (χ3n) is 6.10. The average Bonchev–Trinajstić information content (AvgIpc) is 3.43. The monoisotopic (exact) mass is 564 g/mol. The van der Waals surface area contributed by atoms with Gasteiger partial charge in [0.05, 0.1) is 18.4 Å². The zero-order chi connectivity index (χ0) is 27.5. The molecule has 0 atom stereocenters. The van der Waals surface area contributed by atoms with Gasteiger partial charge in [0.25, 0.3) is 5.56 Å². The molecule has 8 nitrogen and oxygen atoms in total. The molecule has 2 aromatic heterocycles. The maximum Gasteiger partial charge on any atom is 0.272 e. The van der Waals surface area contributed by atoms with Crippen molar-refractivity contribution in [3.05, 3.63) is 82.0 Å². The number of ether oxygens (including phenoxy) is 1. The summed E-state index contributed by atoms with van der Waals surface area (Å²) in [5.74, 6) is 0.779. The first-order valence-corrected chi connectivity index (χ1v) is 14.8. The van der Waals surface area contributed by atoms with Gasteiger partial charge < -0.3 is 15.4 Å². The molecular weight excluding hydrogens is 532 g/mol. The minimum atomic E-state index is -0.0926. The number of benzene rings is 2. The third-order valence-corrected chi connectivity index (χ3v) is 7.97. The lowest BCUT2D eigenvalue weighted by Gasteiger charge is -2.12. The van der Waals surface area contributed by atoms with Crippen LogP contribution in [-0.4, -0.2) is 40.8 Å². The number of carbonyl (C=O) groups excluding carboxylic acids is 2. The van der Waals surface area contributed by atoms with Crippen LogP contribution in [-0.2, 0) is 22.6 Å². The zero-order valence-electron chi connectivity index (χ0n) is 21.9. The van der Waals surface area contributed by atoms with Gasteiger partial charge in [0.1, 0.15) is 10.4 Å². The van der Waals surface area contributed by atoms with E-state index in [4.69, 9.17) is 4.74 Å². The number of unbranched alkanes of at least 4 members (excludes halogenated alkanes) is 2. The van der Waals surface area contributed by atoms with E-state index in [9.17, 15) is 14.4 Å². The molecule has 0 saturated heterocycles. The van der Waals surface area contributed by atoms with Crippen LogP contribution >= 0.6 is 23.1 Å². The van der Waals surface area contributed by atoms with Gasteiger partial charge in [0, 0.05) is 25.2 Å². The van der Waals surface area contributed by atoms with Crippen molar-refractivity contribution < 1.29 is 14.3 Å². The van der Waals surface area contributed by atoms with Crippen LogP contribution in [0.25, 0.3) is 10.2 Å². The number of thioether (sulfide) groups is 1. The molecule has 0 bridgehead atoms. The van der Waals surface area contributed by atoms with E-state index in [-0.39, 0.29) is 23.1 Å². The molecule has 0 spiro atoms. The van der Waals surface area contributed by atoms with Crippen LogP contribution in [0.5, 0.6) is 5.75 Å². The number of rotatable bonds is 14. The summed E-state index contributed by atoms with van der Waals surface area (Å²) in [6.07, 6.45) is 3.38. The highest BCUT2D eigenvalue weighted by atomic mass is 32.2. The Morgan fingerprint density at radius 1 is 1.00 bits per heavy atom. The maximum absolute atomic E-state index is 13.2. The highest BCUT2D eigenvalue weighted by Gasteiger charge is 2.14. The Kier molecular flexibility index (Phi) is 10.6. The maximum atomic E-state index is 13.2. The molecular formula is C29H32N4O4S2. The fraction of sp³-hybridized carbons (Fsp3) is 0.310. The predicted molar refractivity (Wildman–Crippen MR) is 158 cm³/mol. The molecule has 2 amide bonds. The number of fused-ring (bicyclic) bond motifs is 1. The van der Waals surface area contributed by atoms with Gasteiger partial charge in [-0.3, -0.25) is 19.0 Å². The van der Waals surface area contributed by atoms with Crippen LogP contribution in [0.4, 0.5) is 5.69 Å². The topological polar surface area (TPSA) is 102 Å². The molecule has 2 aromatic carbocycles. The Labute approximate surface area is 235 Å². The van der Waals surface area contributed by atoms with Gasteiger partial charge >= 0.3 is 0 Å². The Bertz CT molecular complexity index is 1440. The van der Waals surface area contributed by atoms with Gasteiger partial charge in [-0.25, -0.2) is 4.98 Å². The molecule has 10 heteroatoms. The van der Waals surface area contributed by atoms with Crippen molar-refractivity contribution in [2.45, 2.75) is 43.8 Å². The molecule has 4 rings (SSSR count). The highest BCUT2D eigenvalue weighted by molar-refractivity contribution is 7.99. The van der Waals surface area contributed by atoms with Crippen molar-refractivity contribution in [1.82, 2.24) is 14.9 Å². The lowest BCUT2D eigenvalue weighted by atomic mass is 10.1. The van der Waals surface area contributed by atoms with E-state index in [0.29, 0.717) is 41.3 Å². The van der Waals surface area contributed by atoms with Gasteiger partial charge in [0.2, 0.25) is 11.8 Å². The lowest BCUT2D eigenvalue weighted by Crippen LogP contribution is -2.28. The number of methoxy groups -OCH3 is 1. The van der Waals surface area contributed by atoms with Gasteiger partial charge in [-0.05, 0) is 60.5 Å². The summed E-state index contributed by atoms with van der Waals surface area (Å²) in [5.41, 5.74) is 2.47. The van der Waals surface area contributed by atoms with E-state index in [1.807, 2.05) is 41.8 Å². The standard InChI is InChI=1S/C29H32N4O4S2/c1-37-23-13-11-22(12-14-23)31-25(34)10-6-3-7-18-33-28(36)27-24(16-19-38-27)32-29(33)39-20-26(35)30-17-15-21-8-4-2-5-9-21/h2,4-5,8-9,11-14,16,19H,3,6-7,10,15,17-18,20H2,1H3,(H,30,35)(H,31,34). The fourth-order valence-electron chi connectivity index (χ4n) is 4.03. The predicted octanol–water partition coefficient (Wildman–Crippen LogP) is 5.12. The first-order valence-electron chi connectivity index (χ1n) is 12.9. The van der Waals surface area contributed by atoms with E-state index < -0.39 is 0 Å². The van der Waals surface area contributed by atoms with Crippen LogP contribution in [0.2, 0.25) is 0 Å². The molecule has 204 valence electrons. The molecule has 4 aromatic rings. The van der Waals surface area contributed by atoms with Gasteiger partial charge in [-0.1, -0.05) is 48.5 Å². The summed E-state index contributed by atoms with van der Waals surface area (Å²) in [6, 6.07) is 19.0. The summed E-state index contributed by atoms with van der Waals surface area (Å²) in [5, 5.41) is 8.23. The second-order valence-corrected chi connectivity index (χ2v) is 10.8. The molecule has 0 aliphatic carbocycles. The number of hydrogen-bond donors (Lipinski definition) is 2. The molecule has 0 saturated carbocycles. The van der Waals surface area contributed by atoms with Crippen molar-refractivity contribution in [3.8, 4) is 5.75 Å². The number of carbonyl (C=O) groups is 2. The van der Waals surface area contributed by atoms with Gasteiger partial charge in [-0.15, -0.1) is 11.3 Å². The molecule has 0 aliphatic heterocycles. The molecule has 2 heterocycles. The summed E-state index contributed by atoms with van der Waals surface area (Å²) in [4.78, 5) is 42.6. The van der Waals surface area contributed by atoms with Gasteiger partial charge in [-0.2, -0.15) is 0 Å². The van der Waals surface area contributed by atoms with Crippen LogP contribution in [0.15, 0.2) is 76.0 Å². The SMILES string of the molecule is COc1ccc(NC(=O)CCCCCn2c(SCC(=O)NCCc3ccccc3)nc3ccsc3c2=O)cc1. The summed E-state index contributed by atoms with van der Waals surface area (Å²) in [6.45, 7) is 1.04. The zero-order valence-corrected chi connectivity index (χ0v) is 23.5. The average molecular weight is 565 g/mol. The lowest BCUT2D eigenvalue weighted by molar-refractivity contribution is -0.118. The Morgan fingerprint density at radius 2 is 1.79 bits per heavy atom. The summed E-state index contributed by atoms with van der Waals surface area (Å²) in [7, 11) is 1.60. The van der Waals surface area contributed by atoms with E-state index in [0.717, 1.165) is 30.7 Å². The first kappa shape index (κ1) is 28.4. The van der Waals surface area contributed by atoms with Crippen LogP contribution in [0.3, 0.4) is 0 Å². The van der Waals surface area contributed by atoms with Crippen LogP contribution in [0, 0.1) is 0 Å². The van der Waals surface area contributed by atoms with Crippen molar-refractivity contribution in [2.24, 2.45) is 0 Å². The Morgan fingerprint density at radius 3 is 2.56 bits per heavy atom. The molecule has 39 heavy (non-hydrogen) atoms. The second-order valence-electron chi connectivity index (χ2n) is 8.95. The number of amides is 2. The first-order chi connectivity index (χ1) is 19.0. The molecule has 2 N–H and O–H groups in total. The van der Waals surface area contributed by atoms with Crippen LogP contribution in [0.1, 0.15) is 31.2 Å². The minimum Gasteiger partial charge on any atom is -0.497 e. The quantitative estimate of drug-likeness (QED) is 0.125. The Balaban J connectivity index is 1.26. The number of thiophene rings is 1.